The van der Waals surface area contributed by atoms with Gasteiger partial charge in [0.1, 0.15) is 18.1 Å². The fourth-order valence-corrected chi connectivity index (χ4v) is 2.14. The van der Waals surface area contributed by atoms with E-state index in [1.165, 1.54) is 18.5 Å². The standard InChI is InChI=1S/C19H23N3O4/c1-13(2)22-19(24)15-10-14(11-20-12-15)18(23)21-8-9-26-17-6-4-16(25-3)5-7-17/h4-7,10-13H,8-9H2,1-3H3,(H,21,23)(H,22,24). The number of ether oxygens (including phenoxy) is 2. The molecular weight excluding hydrogens is 334 g/mol. The van der Waals surface area contributed by atoms with Gasteiger partial charge in [-0.3, -0.25) is 14.6 Å². The highest BCUT2D eigenvalue weighted by molar-refractivity contribution is 5.99. The van der Waals surface area contributed by atoms with Gasteiger partial charge in [0.25, 0.3) is 11.8 Å². The summed E-state index contributed by atoms with van der Waals surface area (Å²) in [7, 11) is 1.60. The summed E-state index contributed by atoms with van der Waals surface area (Å²) in [4.78, 5) is 28.1. The molecule has 0 saturated carbocycles. The molecule has 0 aliphatic carbocycles. The van der Waals surface area contributed by atoms with E-state index in [9.17, 15) is 9.59 Å². The van der Waals surface area contributed by atoms with E-state index in [2.05, 4.69) is 15.6 Å². The Morgan fingerprint density at radius 3 is 2.27 bits per heavy atom. The summed E-state index contributed by atoms with van der Waals surface area (Å²) in [6.07, 6.45) is 2.85. The Kier molecular flexibility index (Phi) is 6.96. The van der Waals surface area contributed by atoms with Crippen molar-refractivity contribution in [1.82, 2.24) is 15.6 Å². The van der Waals surface area contributed by atoms with Gasteiger partial charge in [0.05, 0.1) is 24.8 Å². The lowest BCUT2D eigenvalue weighted by Gasteiger charge is -2.10. The highest BCUT2D eigenvalue weighted by atomic mass is 16.5. The highest BCUT2D eigenvalue weighted by Crippen LogP contribution is 2.16. The molecular formula is C19H23N3O4. The van der Waals surface area contributed by atoms with Crippen LogP contribution in [0, 0.1) is 0 Å². The lowest BCUT2D eigenvalue weighted by molar-refractivity contribution is 0.0942. The van der Waals surface area contributed by atoms with Gasteiger partial charge in [0, 0.05) is 18.4 Å². The van der Waals surface area contributed by atoms with Crippen LogP contribution in [0.15, 0.2) is 42.7 Å². The van der Waals surface area contributed by atoms with Gasteiger partial charge in [-0.2, -0.15) is 0 Å². The molecule has 2 amide bonds. The van der Waals surface area contributed by atoms with E-state index in [1.807, 2.05) is 13.8 Å². The van der Waals surface area contributed by atoms with Crippen LogP contribution in [0.2, 0.25) is 0 Å². The van der Waals surface area contributed by atoms with E-state index in [0.717, 1.165) is 5.75 Å². The van der Waals surface area contributed by atoms with Crippen molar-refractivity contribution in [3.8, 4) is 11.5 Å². The zero-order chi connectivity index (χ0) is 18.9. The summed E-state index contributed by atoms with van der Waals surface area (Å²) in [5.74, 6) is 0.869. The van der Waals surface area contributed by atoms with Gasteiger partial charge in [-0.05, 0) is 44.2 Å². The second-order valence-corrected chi connectivity index (χ2v) is 5.87. The second kappa shape index (κ2) is 9.41. The maximum Gasteiger partial charge on any atom is 0.253 e. The first-order chi connectivity index (χ1) is 12.5. The van der Waals surface area contributed by atoms with E-state index >= 15 is 0 Å². The minimum atomic E-state index is -0.310. The number of benzene rings is 1. The van der Waals surface area contributed by atoms with Gasteiger partial charge in [-0.15, -0.1) is 0 Å². The minimum absolute atomic E-state index is 0.00934. The number of nitrogens with zero attached hydrogens (tertiary/aromatic N) is 1. The first-order valence-electron chi connectivity index (χ1n) is 8.30. The maximum absolute atomic E-state index is 12.2. The van der Waals surface area contributed by atoms with E-state index in [-0.39, 0.29) is 17.9 Å². The summed E-state index contributed by atoms with van der Waals surface area (Å²) >= 11 is 0. The molecule has 1 aromatic carbocycles. The average molecular weight is 357 g/mol. The number of aromatic nitrogens is 1. The summed E-state index contributed by atoms with van der Waals surface area (Å²) in [6, 6.07) is 8.71. The van der Waals surface area contributed by atoms with Crippen molar-refractivity contribution in [1.29, 1.82) is 0 Å². The van der Waals surface area contributed by atoms with Crippen LogP contribution in [0.1, 0.15) is 34.6 Å². The van der Waals surface area contributed by atoms with Gasteiger partial charge < -0.3 is 20.1 Å². The fraction of sp³-hybridized carbons (Fsp3) is 0.316. The molecule has 1 aromatic heterocycles. The van der Waals surface area contributed by atoms with Crippen LogP contribution < -0.4 is 20.1 Å². The van der Waals surface area contributed by atoms with Crippen LogP contribution in [0.4, 0.5) is 0 Å². The molecule has 0 spiro atoms. The van der Waals surface area contributed by atoms with Crippen molar-refractivity contribution in [3.63, 3.8) is 0 Å². The summed E-state index contributed by atoms with van der Waals surface area (Å²) in [5.41, 5.74) is 0.673. The lowest BCUT2D eigenvalue weighted by Crippen LogP contribution is -2.31. The van der Waals surface area contributed by atoms with Crippen molar-refractivity contribution in [2.75, 3.05) is 20.3 Å². The molecule has 7 nitrogen and oxygen atoms in total. The Morgan fingerprint density at radius 2 is 1.65 bits per heavy atom. The third-order valence-electron chi connectivity index (χ3n) is 3.40. The summed E-state index contributed by atoms with van der Waals surface area (Å²) in [6.45, 7) is 4.38. The van der Waals surface area contributed by atoms with Crippen molar-refractivity contribution in [2.45, 2.75) is 19.9 Å². The number of methoxy groups -OCH3 is 1. The predicted octanol–water partition coefficient (Wildman–Crippen LogP) is 2.04. The van der Waals surface area contributed by atoms with Crippen molar-refractivity contribution >= 4 is 11.8 Å². The summed E-state index contributed by atoms with van der Waals surface area (Å²) in [5, 5.41) is 5.50. The molecule has 1 heterocycles. The summed E-state index contributed by atoms with van der Waals surface area (Å²) < 4.78 is 10.6. The van der Waals surface area contributed by atoms with Gasteiger partial charge >= 0.3 is 0 Å². The molecule has 0 bridgehead atoms. The van der Waals surface area contributed by atoms with Gasteiger partial charge in [-0.1, -0.05) is 0 Å². The van der Waals surface area contributed by atoms with Crippen LogP contribution in [0.25, 0.3) is 0 Å². The van der Waals surface area contributed by atoms with Crippen LogP contribution in [0.5, 0.6) is 11.5 Å². The van der Waals surface area contributed by atoms with Gasteiger partial charge in [-0.25, -0.2) is 0 Å². The van der Waals surface area contributed by atoms with E-state index in [4.69, 9.17) is 9.47 Å². The number of amides is 2. The van der Waals surface area contributed by atoms with Crippen LogP contribution in [0.3, 0.4) is 0 Å². The molecule has 0 unspecified atom stereocenters. The number of carbonyl (C=O) groups excluding carboxylic acids is 2. The zero-order valence-electron chi connectivity index (χ0n) is 15.1. The molecule has 2 rings (SSSR count). The number of nitrogens with one attached hydrogen (secondary N) is 2. The zero-order valence-corrected chi connectivity index (χ0v) is 15.1. The van der Waals surface area contributed by atoms with Crippen molar-refractivity contribution < 1.29 is 19.1 Å². The molecule has 0 aliphatic rings. The topological polar surface area (TPSA) is 89.6 Å². The predicted molar refractivity (Wildman–Crippen MR) is 97.7 cm³/mol. The van der Waals surface area contributed by atoms with E-state index < -0.39 is 0 Å². The molecule has 2 N–H and O–H groups in total. The first-order valence-corrected chi connectivity index (χ1v) is 8.30. The smallest absolute Gasteiger partial charge is 0.253 e. The fourth-order valence-electron chi connectivity index (χ4n) is 2.14. The Bertz CT molecular complexity index is 745. The largest absolute Gasteiger partial charge is 0.497 e. The Balaban J connectivity index is 1.82. The van der Waals surface area contributed by atoms with Crippen molar-refractivity contribution in [2.24, 2.45) is 0 Å². The minimum Gasteiger partial charge on any atom is -0.497 e. The average Bonchev–Trinajstić information content (AvgIpc) is 2.65. The molecule has 2 aromatic rings. The second-order valence-electron chi connectivity index (χ2n) is 5.87. The Morgan fingerprint density at radius 1 is 1.04 bits per heavy atom. The molecule has 0 atom stereocenters. The monoisotopic (exact) mass is 357 g/mol. The third kappa shape index (κ3) is 5.77. The highest BCUT2D eigenvalue weighted by Gasteiger charge is 2.11. The third-order valence-corrected chi connectivity index (χ3v) is 3.40. The molecule has 7 heteroatoms. The maximum atomic E-state index is 12.2. The van der Waals surface area contributed by atoms with E-state index in [1.54, 1.807) is 31.4 Å². The molecule has 0 aliphatic heterocycles. The molecule has 0 fully saturated rings. The lowest BCUT2D eigenvalue weighted by atomic mass is 10.2. The van der Waals surface area contributed by atoms with Crippen molar-refractivity contribution in [3.05, 3.63) is 53.9 Å². The van der Waals surface area contributed by atoms with Gasteiger partial charge in [0.2, 0.25) is 0 Å². The normalized spacial score (nSPS) is 10.3. The molecule has 26 heavy (non-hydrogen) atoms. The number of pyridine rings is 1. The number of rotatable bonds is 8. The number of carbonyl (C=O) groups is 2. The molecule has 138 valence electrons. The molecule has 0 saturated heterocycles. The Hall–Kier alpha value is -3.09. The van der Waals surface area contributed by atoms with Crippen LogP contribution in [-0.2, 0) is 0 Å². The molecule has 0 radical (unpaired) electrons. The first kappa shape index (κ1) is 19.2. The quantitative estimate of drug-likeness (QED) is 0.706. The number of hydrogen-bond donors (Lipinski definition) is 2. The van der Waals surface area contributed by atoms with Crippen LogP contribution in [-0.4, -0.2) is 43.1 Å². The van der Waals surface area contributed by atoms with E-state index in [0.29, 0.717) is 30.0 Å². The van der Waals surface area contributed by atoms with Gasteiger partial charge in [0.15, 0.2) is 0 Å². The Labute approximate surface area is 152 Å². The number of hydrogen-bond acceptors (Lipinski definition) is 5. The van der Waals surface area contributed by atoms with Crippen LogP contribution >= 0.6 is 0 Å². The SMILES string of the molecule is COc1ccc(OCCNC(=O)c2cncc(C(=O)NC(C)C)c2)cc1.